The average Bonchev–Trinajstić information content (AvgIpc) is 2.38. The van der Waals surface area contributed by atoms with Crippen LogP contribution in [0.2, 0.25) is 0 Å². The predicted molar refractivity (Wildman–Crippen MR) is 79.3 cm³/mol. The molecule has 1 aromatic rings. The van der Waals surface area contributed by atoms with Crippen LogP contribution in [-0.2, 0) is 5.41 Å². The molecule has 1 aromatic heterocycles. The fourth-order valence-corrected chi connectivity index (χ4v) is 3.31. The molecule has 2 heterocycles. The van der Waals surface area contributed by atoms with Gasteiger partial charge in [0.2, 0.25) is 0 Å². The lowest BCUT2D eigenvalue weighted by Crippen LogP contribution is -2.18. The summed E-state index contributed by atoms with van der Waals surface area (Å²) in [5, 5.41) is 3.64. The van der Waals surface area contributed by atoms with Gasteiger partial charge < -0.3 is 5.32 Å². The summed E-state index contributed by atoms with van der Waals surface area (Å²) in [7, 11) is 1.92. The number of nitrogens with zero attached hydrogens (tertiary/aromatic N) is 2. The molecule has 0 amide bonds. The molecule has 0 aliphatic carbocycles. The summed E-state index contributed by atoms with van der Waals surface area (Å²) in [6, 6.07) is 2.07. The molecule has 4 heteroatoms. The first-order chi connectivity index (χ1) is 8.50. The van der Waals surface area contributed by atoms with Crippen molar-refractivity contribution in [3.63, 3.8) is 0 Å². The van der Waals surface area contributed by atoms with E-state index < -0.39 is 0 Å². The lowest BCUT2D eigenvalue weighted by Gasteiger charge is -2.24. The van der Waals surface area contributed by atoms with Crippen LogP contribution in [0, 0.1) is 0 Å². The van der Waals surface area contributed by atoms with E-state index in [-0.39, 0.29) is 5.41 Å². The second-order valence-corrected chi connectivity index (χ2v) is 7.16. The maximum atomic E-state index is 4.80. The molecular formula is C14H23N3S. The summed E-state index contributed by atoms with van der Waals surface area (Å²) < 4.78 is 0. The van der Waals surface area contributed by atoms with Crippen molar-refractivity contribution in [3.05, 3.63) is 17.6 Å². The monoisotopic (exact) mass is 265 g/mol. The molecule has 0 radical (unpaired) electrons. The van der Waals surface area contributed by atoms with Gasteiger partial charge in [0.25, 0.3) is 0 Å². The van der Waals surface area contributed by atoms with Crippen molar-refractivity contribution in [2.24, 2.45) is 0 Å². The maximum Gasteiger partial charge on any atom is 0.143 e. The van der Waals surface area contributed by atoms with E-state index in [0.29, 0.717) is 5.25 Å². The Balaban J connectivity index is 2.34. The van der Waals surface area contributed by atoms with Crippen LogP contribution in [0.15, 0.2) is 6.07 Å². The Morgan fingerprint density at radius 2 is 2.06 bits per heavy atom. The van der Waals surface area contributed by atoms with Crippen LogP contribution >= 0.6 is 11.8 Å². The van der Waals surface area contributed by atoms with Gasteiger partial charge in [-0.1, -0.05) is 27.2 Å². The fourth-order valence-electron chi connectivity index (χ4n) is 2.07. The summed E-state index contributed by atoms with van der Waals surface area (Å²) >= 11 is 2.00. The number of anilines is 1. The quantitative estimate of drug-likeness (QED) is 0.883. The third-order valence-electron chi connectivity index (χ3n) is 3.24. The van der Waals surface area contributed by atoms with E-state index in [1.165, 1.54) is 25.0 Å². The summed E-state index contributed by atoms with van der Waals surface area (Å²) in [4.78, 5) is 9.45. The number of thioether (sulfide) groups is 1. The Labute approximate surface area is 114 Å². The normalized spacial score (nSPS) is 20.8. The van der Waals surface area contributed by atoms with Crippen LogP contribution in [0.25, 0.3) is 0 Å². The molecule has 1 aliphatic rings. The molecule has 2 rings (SSSR count). The zero-order chi connectivity index (χ0) is 13.2. The molecular weight excluding hydrogens is 242 g/mol. The number of aromatic nitrogens is 2. The minimum atomic E-state index is 0.0720. The van der Waals surface area contributed by atoms with Crippen molar-refractivity contribution in [2.45, 2.75) is 50.7 Å². The third kappa shape index (κ3) is 3.16. The Morgan fingerprint density at radius 3 is 2.61 bits per heavy atom. The molecule has 18 heavy (non-hydrogen) atoms. The van der Waals surface area contributed by atoms with E-state index in [2.05, 4.69) is 37.1 Å². The van der Waals surface area contributed by atoms with E-state index in [4.69, 9.17) is 4.98 Å². The van der Waals surface area contributed by atoms with E-state index >= 15 is 0 Å². The minimum absolute atomic E-state index is 0.0720. The molecule has 1 fully saturated rings. The van der Waals surface area contributed by atoms with Gasteiger partial charge >= 0.3 is 0 Å². The molecule has 1 aliphatic heterocycles. The van der Waals surface area contributed by atoms with Gasteiger partial charge in [-0.3, -0.25) is 0 Å². The first kappa shape index (κ1) is 13.7. The van der Waals surface area contributed by atoms with E-state index in [0.717, 1.165) is 17.3 Å². The second-order valence-electron chi connectivity index (χ2n) is 5.85. The lowest BCUT2D eigenvalue weighted by molar-refractivity contribution is 0.557. The number of nitrogens with one attached hydrogen (secondary N) is 1. The van der Waals surface area contributed by atoms with Gasteiger partial charge in [0, 0.05) is 18.5 Å². The highest BCUT2D eigenvalue weighted by molar-refractivity contribution is 7.99. The molecule has 1 unspecified atom stereocenters. The van der Waals surface area contributed by atoms with Crippen molar-refractivity contribution < 1.29 is 0 Å². The smallest absolute Gasteiger partial charge is 0.143 e. The van der Waals surface area contributed by atoms with Crippen LogP contribution in [-0.4, -0.2) is 22.8 Å². The Bertz CT molecular complexity index is 406. The zero-order valence-corrected chi connectivity index (χ0v) is 12.6. The largest absolute Gasteiger partial charge is 0.373 e. The topological polar surface area (TPSA) is 37.8 Å². The van der Waals surface area contributed by atoms with E-state index in [1.807, 2.05) is 18.8 Å². The lowest BCUT2D eigenvalue weighted by atomic mass is 9.92. The Hall–Kier alpha value is -0.770. The first-order valence-corrected chi connectivity index (χ1v) is 7.74. The number of hydrogen-bond acceptors (Lipinski definition) is 4. The van der Waals surface area contributed by atoms with Gasteiger partial charge in [-0.15, -0.1) is 0 Å². The van der Waals surface area contributed by atoms with Crippen molar-refractivity contribution in [1.82, 2.24) is 9.97 Å². The summed E-state index contributed by atoms with van der Waals surface area (Å²) in [6.45, 7) is 6.60. The number of hydrogen-bond donors (Lipinski definition) is 1. The molecule has 0 saturated carbocycles. The molecule has 3 nitrogen and oxygen atoms in total. The second kappa shape index (κ2) is 5.47. The predicted octanol–water partition coefficient (Wildman–Crippen LogP) is 3.77. The highest BCUT2D eigenvalue weighted by atomic mass is 32.2. The van der Waals surface area contributed by atoms with Crippen molar-refractivity contribution in [3.8, 4) is 0 Å². The van der Waals surface area contributed by atoms with Gasteiger partial charge in [0.05, 0.1) is 10.9 Å². The molecule has 0 aromatic carbocycles. The van der Waals surface area contributed by atoms with Crippen LogP contribution in [0.4, 0.5) is 5.82 Å². The summed E-state index contributed by atoms with van der Waals surface area (Å²) in [5.41, 5.74) is 1.20. The zero-order valence-electron chi connectivity index (χ0n) is 11.8. The average molecular weight is 265 g/mol. The van der Waals surface area contributed by atoms with Gasteiger partial charge in [-0.05, 0) is 18.6 Å². The van der Waals surface area contributed by atoms with Crippen molar-refractivity contribution >= 4 is 17.6 Å². The molecule has 0 bridgehead atoms. The van der Waals surface area contributed by atoms with Gasteiger partial charge in [-0.2, -0.15) is 11.8 Å². The van der Waals surface area contributed by atoms with Gasteiger partial charge in [0.1, 0.15) is 11.6 Å². The van der Waals surface area contributed by atoms with Crippen LogP contribution < -0.4 is 5.32 Å². The van der Waals surface area contributed by atoms with E-state index in [9.17, 15) is 0 Å². The van der Waals surface area contributed by atoms with Crippen molar-refractivity contribution in [1.29, 1.82) is 0 Å². The Morgan fingerprint density at radius 1 is 1.28 bits per heavy atom. The molecule has 0 spiro atoms. The molecule has 1 atom stereocenters. The Kier molecular flexibility index (Phi) is 4.15. The minimum Gasteiger partial charge on any atom is -0.373 e. The van der Waals surface area contributed by atoms with Gasteiger partial charge in [0.15, 0.2) is 0 Å². The van der Waals surface area contributed by atoms with E-state index in [1.54, 1.807) is 0 Å². The SMILES string of the molecule is CNc1cc(C(C)(C)C)nc(C2CCCCS2)n1. The first-order valence-electron chi connectivity index (χ1n) is 6.69. The summed E-state index contributed by atoms with van der Waals surface area (Å²) in [5.74, 6) is 3.19. The van der Waals surface area contributed by atoms with Crippen molar-refractivity contribution in [2.75, 3.05) is 18.1 Å². The maximum absolute atomic E-state index is 4.80. The standard InChI is InChI=1S/C14H23N3S/c1-14(2,3)11-9-12(15-4)17-13(16-11)10-7-5-6-8-18-10/h9-10H,5-8H2,1-4H3,(H,15,16,17). The van der Waals surface area contributed by atoms with Crippen LogP contribution in [0.3, 0.4) is 0 Å². The van der Waals surface area contributed by atoms with Crippen LogP contribution in [0.1, 0.15) is 56.8 Å². The third-order valence-corrected chi connectivity index (χ3v) is 4.61. The van der Waals surface area contributed by atoms with Crippen LogP contribution in [0.5, 0.6) is 0 Å². The highest BCUT2D eigenvalue weighted by Crippen LogP contribution is 2.37. The fraction of sp³-hybridized carbons (Fsp3) is 0.714. The number of rotatable bonds is 2. The summed E-state index contributed by atoms with van der Waals surface area (Å²) in [6.07, 6.45) is 3.84. The molecule has 1 saturated heterocycles. The van der Waals surface area contributed by atoms with Gasteiger partial charge in [-0.25, -0.2) is 9.97 Å². The molecule has 1 N–H and O–H groups in total. The molecule has 100 valence electrons. The highest BCUT2D eigenvalue weighted by Gasteiger charge is 2.23.